The molecule has 0 saturated carbocycles. The first kappa shape index (κ1) is 27.9. The minimum Gasteiger partial charge on any atom is -0.468 e. The summed E-state index contributed by atoms with van der Waals surface area (Å²) < 4.78 is 25.1. The van der Waals surface area contributed by atoms with Gasteiger partial charge in [0, 0.05) is 22.5 Å². The minimum atomic E-state index is -0.877. The Kier molecular flexibility index (Phi) is 10.1. The van der Waals surface area contributed by atoms with Crippen molar-refractivity contribution in [2.75, 3.05) is 12.0 Å². The van der Waals surface area contributed by atoms with Crippen molar-refractivity contribution in [3.05, 3.63) is 34.1 Å². The Labute approximate surface area is 208 Å². The van der Waals surface area contributed by atoms with Gasteiger partial charge in [-0.25, -0.2) is 14.1 Å². The lowest BCUT2D eigenvalue weighted by Crippen LogP contribution is -2.39. The molecule has 1 aliphatic carbocycles. The van der Waals surface area contributed by atoms with Crippen LogP contribution < -0.4 is 4.90 Å². The van der Waals surface area contributed by atoms with Gasteiger partial charge in [-0.3, -0.25) is 14.4 Å². The van der Waals surface area contributed by atoms with Crippen LogP contribution in [0.3, 0.4) is 0 Å². The van der Waals surface area contributed by atoms with E-state index in [9.17, 15) is 19.2 Å². The highest BCUT2D eigenvalue weighted by Gasteiger charge is 2.33. The first-order valence-corrected chi connectivity index (χ1v) is 12.3. The number of rotatable bonds is 8. The third-order valence-electron chi connectivity index (χ3n) is 5.15. The molecular formula is C24H29ClFNO6S. The molecule has 10 heteroatoms. The second kappa shape index (κ2) is 12.4. The molecule has 0 fully saturated rings. The second-order valence-corrected chi connectivity index (χ2v) is 9.81. The number of thioether (sulfide) groups is 1. The van der Waals surface area contributed by atoms with Gasteiger partial charge in [0.1, 0.15) is 11.1 Å². The van der Waals surface area contributed by atoms with E-state index in [1.165, 1.54) is 13.2 Å². The molecule has 0 spiro atoms. The van der Waals surface area contributed by atoms with E-state index in [1.54, 1.807) is 27.7 Å². The van der Waals surface area contributed by atoms with Crippen LogP contribution in [-0.4, -0.2) is 42.2 Å². The number of hydrogen-bond acceptors (Lipinski definition) is 7. The maximum atomic E-state index is 15.1. The highest BCUT2D eigenvalue weighted by Crippen LogP contribution is 2.37. The van der Waals surface area contributed by atoms with Gasteiger partial charge in [0.25, 0.3) is 5.91 Å². The van der Waals surface area contributed by atoms with Crippen molar-refractivity contribution >= 4 is 52.8 Å². The standard InChI is InChI=1S/C24H29ClFNO6S/c1-6-21(28)27(22(29)15-9-7-8-10-16(15)24(31)33-13(2)3)19-12-20(17(25)11-18(19)26)34-14(4)23(30)32-5/h11-14H,6-10H2,1-5H3. The topological polar surface area (TPSA) is 90.0 Å². The summed E-state index contributed by atoms with van der Waals surface area (Å²) in [5.41, 5.74) is 0.0581. The highest BCUT2D eigenvalue weighted by atomic mass is 35.5. The molecule has 1 aromatic carbocycles. The van der Waals surface area contributed by atoms with Crippen molar-refractivity contribution in [3.63, 3.8) is 0 Å². The van der Waals surface area contributed by atoms with Gasteiger partial charge in [0.15, 0.2) is 0 Å². The van der Waals surface area contributed by atoms with Crippen LogP contribution in [0.1, 0.15) is 59.8 Å². The molecular weight excluding hydrogens is 485 g/mol. The smallest absolute Gasteiger partial charge is 0.334 e. The molecule has 0 heterocycles. The van der Waals surface area contributed by atoms with Crippen LogP contribution >= 0.6 is 23.4 Å². The summed E-state index contributed by atoms with van der Waals surface area (Å²) >= 11 is 7.19. The van der Waals surface area contributed by atoms with Crippen LogP contribution in [0.5, 0.6) is 0 Å². The fourth-order valence-electron chi connectivity index (χ4n) is 3.49. The number of benzene rings is 1. The number of carbonyl (C=O) groups is 4. The summed E-state index contributed by atoms with van der Waals surface area (Å²) in [6, 6.07) is 2.26. The van der Waals surface area contributed by atoms with Gasteiger partial charge in [0.05, 0.1) is 23.9 Å². The molecule has 186 valence electrons. The van der Waals surface area contributed by atoms with Crippen LogP contribution in [0.4, 0.5) is 10.1 Å². The number of hydrogen-bond donors (Lipinski definition) is 0. The third-order valence-corrected chi connectivity index (χ3v) is 6.71. The summed E-state index contributed by atoms with van der Waals surface area (Å²) in [4.78, 5) is 52.0. The normalized spacial score (nSPS) is 14.6. The van der Waals surface area contributed by atoms with Gasteiger partial charge in [-0.2, -0.15) is 0 Å². The van der Waals surface area contributed by atoms with Crippen LogP contribution in [0.15, 0.2) is 28.2 Å². The summed E-state index contributed by atoms with van der Waals surface area (Å²) in [5, 5.41) is -0.637. The Morgan fingerprint density at radius 2 is 1.74 bits per heavy atom. The molecule has 0 aliphatic heterocycles. The molecule has 1 aliphatic rings. The van der Waals surface area contributed by atoms with Crippen molar-refractivity contribution < 1.29 is 33.0 Å². The van der Waals surface area contributed by atoms with Crippen molar-refractivity contribution in [3.8, 4) is 0 Å². The zero-order chi connectivity index (χ0) is 25.6. The lowest BCUT2D eigenvalue weighted by molar-refractivity contribution is -0.143. The number of halogens is 2. The fraction of sp³-hybridized carbons (Fsp3) is 0.500. The fourth-order valence-corrected chi connectivity index (χ4v) is 4.69. The van der Waals surface area contributed by atoms with Crippen LogP contribution in [0.2, 0.25) is 5.02 Å². The van der Waals surface area contributed by atoms with Crippen molar-refractivity contribution in [1.82, 2.24) is 0 Å². The first-order valence-electron chi connectivity index (χ1n) is 11.1. The zero-order valence-corrected chi connectivity index (χ0v) is 21.5. The van der Waals surface area contributed by atoms with E-state index in [1.807, 2.05) is 0 Å². The van der Waals surface area contributed by atoms with Gasteiger partial charge in [-0.05, 0) is 58.6 Å². The molecule has 1 atom stereocenters. The van der Waals surface area contributed by atoms with Crippen molar-refractivity contribution in [2.45, 2.75) is 76.0 Å². The van der Waals surface area contributed by atoms with Gasteiger partial charge in [0.2, 0.25) is 5.91 Å². The Morgan fingerprint density at radius 1 is 1.12 bits per heavy atom. The molecule has 1 aromatic rings. The largest absolute Gasteiger partial charge is 0.468 e. The molecule has 1 unspecified atom stereocenters. The average Bonchev–Trinajstić information content (AvgIpc) is 2.80. The molecule has 0 N–H and O–H groups in total. The predicted octanol–water partition coefficient (Wildman–Crippen LogP) is 5.22. The van der Waals surface area contributed by atoms with Gasteiger partial charge in [-0.1, -0.05) is 18.5 Å². The van der Waals surface area contributed by atoms with Gasteiger partial charge < -0.3 is 9.47 Å². The van der Waals surface area contributed by atoms with E-state index in [0.717, 1.165) is 22.7 Å². The predicted molar refractivity (Wildman–Crippen MR) is 128 cm³/mol. The maximum absolute atomic E-state index is 15.1. The van der Waals surface area contributed by atoms with Gasteiger partial charge in [-0.15, -0.1) is 11.8 Å². The van der Waals surface area contributed by atoms with Crippen LogP contribution in [0.25, 0.3) is 0 Å². The Bertz CT molecular complexity index is 1010. The molecule has 7 nitrogen and oxygen atoms in total. The SMILES string of the molecule is CCC(=O)N(C(=O)C1=C(C(=O)OC(C)C)CCCC1)c1cc(SC(C)C(=O)OC)c(Cl)cc1F. The number of carbonyl (C=O) groups excluding carboxylic acids is 4. The Balaban J connectivity index is 2.57. The summed E-state index contributed by atoms with van der Waals surface area (Å²) in [6.07, 6.45) is 1.49. The molecule has 0 bridgehead atoms. The maximum Gasteiger partial charge on any atom is 0.334 e. The monoisotopic (exact) mass is 513 g/mol. The number of nitrogens with zero attached hydrogens (tertiary/aromatic N) is 1. The van der Waals surface area contributed by atoms with E-state index in [-0.39, 0.29) is 40.8 Å². The lowest BCUT2D eigenvalue weighted by Gasteiger charge is -2.26. The number of anilines is 1. The lowest BCUT2D eigenvalue weighted by atomic mass is 9.90. The third kappa shape index (κ3) is 6.60. The zero-order valence-electron chi connectivity index (χ0n) is 19.9. The quantitative estimate of drug-likeness (QED) is 0.347. The average molecular weight is 514 g/mol. The minimum absolute atomic E-state index is 0.0245. The van der Waals surface area contributed by atoms with E-state index in [0.29, 0.717) is 24.2 Å². The summed E-state index contributed by atoms with van der Waals surface area (Å²) in [7, 11) is 1.25. The van der Waals surface area contributed by atoms with E-state index in [2.05, 4.69) is 0 Å². The summed E-state index contributed by atoms with van der Waals surface area (Å²) in [5.74, 6) is -3.40. The number of ether oxygens (including phenoxy) is 2. The summed E-state index contributed by atoms with van der Waals surface area (Å²) in [6.45, 7) is 6.55. The second-order valence-electron chi connectivity index (χ2n) is 8.02. The number of methoxy groups -OCH3 is 1. The van der Waals surface area contributed by atoms with Crippen molar-refractivity contribution in [2.24, 2.45) is 0 Å². The van der Waals surface area contributed by atoms with E-state index in [4.69, 9.17) is 21.1 Å². The highest BCUT2D eigenvalue weighted by molar-refractivity contribution is 8.00. The molecule has 0 radical (unpaired) electrons. The van der Waals surface area contributed by atoms with E-state index >= 15 is 4.39 Å². The van der Waals surface area contributed by atoms with Crippen LogP contribution in [-0.2, 0) is 28.7 Å². The van der Waals surface area contributed by atoms with Gasteiger partial charge >= 0.3 is 11.9 Å². The number of imide groups is 1. The molecule has 34 heavy (non-hydrogen) atoms. The molecule has 2 amide bonds. The molecule has 0 saturated heterocycles. The van der Waals surface area contributed by atoms with E-state index < -0.39 is 34.8 Å². The van der Waals surface area contributed by atoms with Crippen molar-refractivity contribution in [1.29, 1.82) is 0 Å². The van der Waals surface area contributed by atoms with Crippen LogP contribution in [0, 0.1) is 5.82 Å². The Hall–Kier alpha value is -2.39. The molecule has 2 rings (SSSR count). The number of amides is 2. The molecule has 0 aromatic heterocycles. The first-order chi connectivity index (χ1) is 16.0. The number of esters is 2. The Morgan fingerprint density at radius 3 is 2.29 bits per heavy atom.